The van der Waals surface area contributed by atoms with E-state index >= 15 is 0 Å². The third-order valence-corrected chi connectivity index (χ3v) is 4.43. The molecule has 0 saturated carbocycles. The van der Waals surface area contributed by atoms with E-state index in [0.717, 1.165) is 33.7 Å². The number of hydrogen-bond donors (Lipinski definition) is 0. The van der Waals surface area contributed by atoms with Gasteiger partial charge in [-0.1, -0.05) is 48.0 Å². The summed E-state index contributed by atoms with van der Waals surface area (Å²) in [7, 11) is 1.63. The van der Waals surface area contributed by atoms with Gasteiger partial charge in [0, 0.05) is 16.1 Å². The minimum absolute atomic E-state index is 0.464. The number of benzene rings is 2. The highest BCUT2D eigenvalue weighted by Crippen LogP contribution is 2.38. The molecule has 0 aliphatic carbocycles. The maximum atomic E-state index is 6.29. The summed E-state index contributed by atoms with van der Waals surface area (Å²) in [5.74, 6) is 1.24. The Bertz CT molecular complexity index is 984. The van der Waals surface area contributed by atoms with Crippen molar-refractivity contribution in [2.45, 2.75) is 13.5 Å². The lowest BCUT2D eigenvalue weighted by Gasteiger charge is -2.14. The molecule has 0 saturated heterocycles. The van der Waals surface area contributed by atoms with Crippen LogP contribution >= 0.6 is 11.6 Å². The van der Waals surface area contributed by atoms with E-state index in [2.05, 4.69) is 9.97 Å². The monoisotopic (exact) mass is 349 g/mol. The van der Waals surface area contributed by atoms with Crippen molar-refractivity contribution in [3.05, 3.63) is 76.2 Å². The SMILES string of the molecule is COc1nc(C)nc2c1-c1ccc(Cl)cc1C(c1ccccc1)=NC2. The lowest BCUT2D eigenvalue weighted by molar-refractivity contribution is 0.396. The predicted octanol–water partition coefficient (Wildman–Crippen LogP) is 4.47. The topological polar surface area (TPSA) is 47.4 Å². The molecule has 1 aromatic heterocycles. The van der Waals surface area contributed by atoms with Crippen molar-refractivity contribution in [2.75, 3.05) is 7.11 Å². The van der Waals surface area contributed by atoms with Gasteiger partial charge >= 0.3 is 0 Å². The van der Waals surface area contributed by atoms with E-state index in [1.165, 1.54) is 0 Å². The van der Waals surface area contributed by atoms with Crippen LogP contribution in [0.1, 0.15) is 22.6 Å². The number of nitrogens with zero attached hydrogens (tertiary/aromatic N) is 3. The van der Waals surface area contributed by atoms with Gasteiger partial charge in [0.2, 0.25) is 5.88 Å². The number of ether oxygens (including phenoxy) is 1. The molecule has 1 aliphatic rings. The van der Waals surface area contributed by atoms with Crippen LogP contribution in [0, 0.1) is 6.92 Å². The van der Waals surface area contributed by atoms with E-state index in [4.69, 9.17) is 21.3 Å². The molecule has 4 rings (SSSR count). The molecule has 2 heterocycles. The summed E-state index contributed by atoms with van der Waals surface area (Å²) in [5, 5.41) is 0.665. The number of halogens is 1. The fraction of sp³-hybridized carbons (Fsp3) is 0.150. The second-order valence-corrected chi connectivity index (χ2v) is 6.26. The first-order valence-corrected chi connectivity index (χ1v) is 8.37. The van der Waals surface area contributed by atoms with E-state index in [1.807, 2.05) is 55.5 Å². The Labute approximate surface area is 151 Å². The van der Waals surface area contributed by atoms with Crippen molar-refractivity contribution in [2.24, 2.45) is 4.99 Å². The number of fused-ring (bicyclic) bond motifs is 3. The number of aryl methyl sites for hydroxylation is 1. The highest BCUT2D eigenvalue weighted by Gasteiger charge is 2.24. The van der Waals surface area contributed by atoms with E-state index in [1.54, 1.807) is 7.11 Å². The highest BCUT2D eigenvalue weighted by atomic mass is 35.5. The van der Waals surface area contributed by atoms with Crippen LogP contribution in [0.5, 0.6) is 5.88 Å². The van der Waals surface area contributed by atoms with Gasteiger partial charge < -0.3 is 4.74 Å². The Morgan fingerprint density at radius 2 is 1.80 bits per heavy atom. The molecule has 2 aromatic carbocycles. The van der Waals surface area contributed by atoms with Crippen LogP contribution in [0.2, 0.25) is 5.02 Å². The fourth-order valence-corrected chi connectivity index (χ4v) is 3.32. The number of aliphatic imine (C=N–C) groups is 1. The molecular weight excluding hydrogens is 334 g/mol. The van der Waals surface area contributed by atoms with Crippen LogP contribution in [0.3, 0.4) is 0 Å². The average Bonchev–Trinajstić information content (AvgIpc) is 2.78. The number of hydrogen-bond acceptors (Lipinski definition) is 4. The zero-order chi connectivity index (χ0) is 17.4. The molecule has 3 aromatic rings. The van der Waals surface area contributed by atoms with E-state index in [0.29, 0.717) is 23.3 Å². The quantitative estimate of drug-likeness (QED) is 0.686. The molecule has 0 atom stereocenters. The first-order chi connectivity index (χ1) is 12.2. The van der Waals surface area contributed by atoms with Gasteiger partial charge in [0.15, 0.2) is 0 Å². The van der Waals surface area contributed by atoms with Gasteiger partial charge in [0.1, 0.15) is 5.82 Å². The maximum absolute atomic E-state index is 6.29. The molecule has 4 nitrogen and oxygen atoms in total. The molecular formula is C20H16ClN3O. The lowest BCUT2D eigenvalue weighted by Crippen LogP contribution is -2.05. The van der Waals surface area contributed by atoms with Gasteiger partial charge in [-0.25, -0.2) is 4.98 Å². The van der Waals surface area contributed by atoms with Gasteiger partial charge in [-0.2, -0.15) is 4.98 Å². The third-order valence-electron chi connectivity index (χ3n) is 4.20. The van der Waals surface area contributed by atoms with Crippen LogP contribution in [0.4, 0.5) is 0 Å². The Balaban J connectivity index is 2.03. The van der Waals surface area contributed by atoms with E-state index in [9.17, 15) is 0 Å². The van der Waals surface area contributed by atoms with Gasteiger partial charge in [-0.15, -0.1) is 0 Å². The molecule has 25 heavy (non-hydrogen) atoms. The molecule has 1 aliphatic heterocycles. The molecule has 0 fully saturated rings. The van der Waals surface area contributed by atoms with E-state index < -0.39 is 0 Å². The van der Waals surface area contributed by atoms with Gasteiger partial charge in [-0.05, 0) is 24.6 Å². The molecule has 0 unspecified atom stereocenters. The zero-order valence-electron chi connectivity index (χ0n) is 14.0. The second kappa shape index (κ2) is 6.30. The summed E-state index contributed by atoms with van der Waals surface area (Å²) in [6, 6.07) is 15.9. The first kappa shape index (κ1) is 15.8. The summed E-state index contributed by atoms with van der Waals surface area (Å²) in [6.07, 6.45) is 0. The van der Waals surface area contributed by atoms with Crippen molar-refractivity contribution >= 4 is 17.3 Å². The highest BCUT2D eigenvalue weighted by molar-refractivity contribution is 6.31. The number of aromatic nitrogens is 2. The van der Waals surface area contributed by atoms with Gasteiger partial charge in [0.05, 0.1) is 30.6 Å². The Kier molecular flexibility index (Phi) is 3.98. The van der Waals surface area contributed by atoms with Crippen molar-refractivity contribution in [1.82, 2.24) is 9.97 Å². The van der Waals surface area contributed by atoms with Gasteiger partial charge in [-0.3, -0.25) is 4.99 Å². The Hall–Kier alpha value is -2.72. The second-order valence-electron chi connectivity index (χ2n) is 5.82. The first-order valence-electron chi connectivity index (χ1n) is 7.99. The largest absolute Gasteiger partial charge is 0.480 e. The summed E-state index contributed by atoms with van der Waals surface area (Å²) in [5.41, 5.74) is 5.63. The van der Waals surface area contributed by atoms with Gasteiger partial charge in [0.25, 0.3) is 0 Å². The van der Waals surface area contributed by atoms with Crippen molar-refractivity contribution < 1.29 is 4.74 Å². The maximum Gasteiger partial charge on any atom is 0.224 e. The molecule has 124 valence electrons. The normalized spacial score (nSPS) is 12.7. The molecule has 0 amide bonds. The average molecular weight is 350 g/mol. The molecule has 5 heteroatoms. The Morgan fingerprint density at radius 3 is 2.56 bits per heavy atom. The van der Waals surface area contributed by atoms with E-state index in [-0.39, 0.29) is 0 Å². The summed E-state index contributed by atoms with van der Waals surface area (Å²) >= 11 is 6.29. The smallest absolute Gasteiger partial charge is 0.224 e. The third kappa shape index (κ3) is 2.79. The lowest BCUT2D eigenvalue weighted by atomic mass is 9.94. The Morgan fingerprint density at radius 1 is 1.00 bits per heavy atom. The van der Waals surface area contributed by atoms with Crippen LogP contribution in [-0.4, -0.2) is 22.8 Å². The predicted molar refractivity (Wildman–Crippen MR) is 99.6 cm³/mol. The summed E-state index contributed by atoms with van der Waals surface area (Å²) in [6.45, 7) is 2.32. The summed E-state index contributed by atoms with van der Waals surface area (Å²) < 4.78 is 5.54. The number of rotatable bonds is 2. The van der Waals surface area contributed by atoms with Crippen molar-refractivity contribution in [3.63, 3.8) is 0 Å². The van der Waals surface area contributed by atoms with Crippen LogP contribution in [0.25, 0.3) is 11.1 Å². The molecule has 0 radical (unpaired) electrons. The molecule has 0 bridgehead atoms. The zero-order valence-corrected chi connectivity index (χ0v) is 14.7. The minimum Gasteiger partial charge on any atom is -0.480 e. The molecule has 0 N–H and O–H groups in total. The minimum atomic E-state index is 0.464. The van der Waals surface area contributed by atoms with Crippen LogP contribution in [-0.2, 0) is 6.54 Å². The van der Waals surface area contributed by atoms with Crippen LogP contribution in [0.15, 0.2) is 53.5 Å². The summed E-state index contributed by atoms with van der Waals surface area (Å²) in [4.78, 5) is 13.9. The fourth-order valence-electron chi connectivity index (χ4n) is 3.15. The van der Waals surface area contributed by atoms with Crippen LogP contribution < -0.4 is 4.74 Å². The standard InChI is InChI=1S/C20H16ClN3O/c1-12-23-17-11-22-19(13-6-4-3-5-7-13)16-10-14(21)8-9-15(16)18(17)20(24-12)25-2/h3-10H,11H2,1-2H3. The van der Waals surface area contributed by atoms with Crippen molar-refractivity contribution in [3.8, 4) is 17.0 Å². The number of methoxy groups -OCH3 is 1. The van der Waals surface area contributed by atoms with Crippen molar-refractivity contribution in [1.29, 1.82) is 0 Å². The molecule has 0 spiro atoms.